The van der Waals surface area contributed by atoms with Gasteiger partial charge >= 0.3 is 0 Å². The fourth-order valence-corrected chi connectivity index (χ4v) is 4.67. The fourth-order valence-electron chi connectivity index (χ4n) is 2.86. The van der Waals surface area contributed by atoms with Gasteiger partial charge in [0.25, 0.3) is 0 Å². The molecule has 0 bridgehead atoms. The Morgan fingerprint density at radius 2 is 1.94 bits per heavy atom. The molecule has 1 N–H and O–H groups in total. The third kappa shape index (κ3) is 3.93. The molecular formula is C12H24N2O2S. The molecule has 2 saturated heterocycles. The van der Waals surface area contributed by atoms with E-state index in [4.69, 9.17) is 0 Å². The molecule has 100 valence electrons. The van der Waals surface area contributed by atoms with Crippen molar-refractivity contribution in [3.05, 3.63) is 0 Å². The molecule has 0 aromatic heterocycles. The topological polar surface area (TPSA) is 49.4 Å². The molecule has 2 aliphatic heterocycles. The van der Waals surface area contributed by atoms with E-state index in [2.05, 4.69) is 17.3 Å². The van der Waals surface area contributed by atoms with Gasteiger partial charge in [-0.05, 0) is 58.3 Å². The zero-order valence-electron chi connectivity index (χ0n) is 10.7. The van der Waals surface area contributed by atoms with Gasteiger partial charge in [0.2, 0.25) is 0 Å². The van der Waals surface area contributed by atoms with Crippen LogP contribution in [0.4, 0.5) is 0 Å². The van der Waals surface area contributed by atoms with E-state index in [1.165, 1.54) is 19.3 Å². The lowest BCUT2D eigenvalue weighted by molar-refractivity contribution is 0.227. The third-order valence-corrected chi connectivity index (χ3v) is 5.93. The maximum atomic E-state index is 11.4. The molecule has 0 spiro atoms. The molecule has 4 nitrogen and oxygen atoms in total. The van der Waals surface area contributed by atoms with Crippen molar-refractivity contribution < 1.29 is 8.42 Å². The molecule has 2 rings (SSSR count). The van der Waals surface area contributed by atoms with E-state index in [1.54, 1.807) is 0 Å². The van der Waals surface area contributed by atoms with Crippen LogP contribution in [0.1, 0.15) is 25.7 Å². The van der Waals surface area contributed by atoms with Crippen LogP contribution in [0, 0.1) is 5.92 Å². The zero-order valence-corrected chi connectivity index (χ0v) is 11.5. The summed E-state index contributed by atoms with van der Waals surface area (Å²) >= 11 is 0. The highest BCUT2D eigenvalue weighted by atomic mass is 32.2. The van der Waals surface area contributed by atoms with Crippen molar-refractivity contribution in [3.63, 3.8) is 0 Å². The normalized spacial score (nSPS) is 29.9. The molecule has 0 saturated carbocycles. The Kier molecular flexibility index (Phi) is 4.44. The lowest BCUT2D eigenvalue weighted by Crippen LogP contribution is -2.35. The molecule has 2 heterocycles. The molecule has 2 aliphatic rings. The van der Waals surface area contributed by atoms with Gasteiger partial charge in [0.1, 0.15) is 0 Å². The Bertz CT molecular complexity index is 336. The molecule has 0 amide bonds. The Labute approximate surface area is 105 Å². The number of nitrogens with one attached hydrogen (secondary N) is 1. The lowest BCUT2D eigenvalue weighted by Gasteiger charge is -2.27. The van der Waals surface area contributed by atoms with Crippen molar-refractivity contribution in [1.29, 1.82) is 0 Å². The first-order chi connectivity index (χ1) is 8.07. The van der Waals surface area contributed by atoms with E-state index in [1.807, 2.05) is 0 Å². The first-order valence-corrected chi connectivity index (χ1v) is 8.50. The first kappa shape index (κ1) is 13.3. The quantitative estimate of drug-likeness (QED) is 0.799. The molecule has 2 fully saturated rings. The van der Waals surface area contributed by atoms with Crippen LogP contribution < -0.4 is 5.32 Å². The molecule has 0 aromatic carbocycles. The monoisotopic (exact) mass is 260 g/mol. The van der Waals surface area contributed by atoms with E-state index in [0.717, 1.165) is 32.0 Å². The zero-order chi connectivity index (χ0) is 12.3. The van der Waals surface area contributed by atoms with E-state index >= 15 is 0 Å². The van der Waals surface area contributed by atoms with Crippen LogP contribution in [0.3, 0.4) is 0 Å². The number of rotatable bonds is 4. The summed E-state index contributed by atoms with van der Waals surface area (Å²) < 4.78 is 22.8. The molecule has 0 radical (unpaired) electrons. The molecule has 1 unspecified atom stereocenters. The number of nitrogens with zero attached hydrogens (tertiary/aromatic N) is 1. The van der Waals surface area contributed by atoms with Crippen LogP contribution in [-0.4, -0.2) is 57.5 Å². The van der Waals surface area contributed by atoms with Crippen molar-refractivity contribution >= 4 is 9.84 Å². The predicted molar refractivity (Wildman–Crippen MR) is 69.9 cm³/mol. The fraction of sp³-hybridized carbons (Fsp3) is 1.00. The van der Waals surface area contributed by atoms with Crippen LogP contribution in [0.5, 0.6) is 0 Å². The van der Waals surface area contributed by atoms with Crippen molar-refractivity contribution in [2.45, 2.75) is 31.7 Å². The van der Waals surface area contributed by atoms with E-state index in [0.29, 0.717) is 11.5 Å². The van der Waals surface area contributed by atoms with Crippen LogP contribution in [0.25, 0.3) is 0 Å². The Hall–Kier alpha value is -0.130. The molecule has 5 heteroatoms. The van der Waals surface area contributed by atoms with Crippen molar-refractivity contribution in [2.75, 3.05) is 38.2 Å². The summed E-state index contributed by atoms with van der Waals surface area (Å²) in [5, 5.41) is 3.38. The van der Waals surface area contributed by atoms with Crippen molar-refractivity contribution in [2.24, 2.45) is 5.92 Å². The summed E-state index contributed by atoms with van der Waals surface area (Å²) in [6.45, 7) is 3.34. The van der Waals surface area contributed by atoms with E-state index in [9.17, 15) is 8.42 Å². The second-order valence-electron chi connectivity index (χ2n) is 5.52. The minimum absolute atomic E-state index is 0.265. The number of piperidine rings is 1. The predicted octanol–water partition coefficient (Wildman–Crippen LogP) is 0.495. The van der Waals surface area contributed by atoms with Gasteiger partial charge in [0.15, 0.2) is 9.84 Å². The molecule has 1 atom stereocenters. The first-order valence-electron chi connectivity index (χ1n) is 6.68. The number of hydrogen-bond acceptors (Lipinski definition) is 4. The maximum absolute atomic E-state index is 11.4. The second kappa shape index (κ2) is 5.67. The molecule has 17 heavy (non-hydrogen) atoms. The van der Waals surface area contributed by atoms with E-state index < -0.39 is 9.84 Å². The van der Waals surface area contributed by atoms with Gasteiger partial charge in [-0.15, -0.1) is 0 Å². The lowest BCUT2D eigenvalue weighted by atomic mass is 9.94. The average Bonchev–Trinajstić information content (AvgIpc) is 2.68. The summed E-state index contributed by atoms with van der Waals surface area (Å²) in [7, 11) is -0.659. The number of sulfone groups is 1. The van der Waals surface area contributed by atoms with Gasteiger partial charge in [0.05, 0.1) is 11.5 Å². The summed E-state index contributed by atoms with van der Waals surface area (Å²) in [6, 6.07) is 0.265. The van der Waals surface area contributed by atoms with Crippen molar-refractivity contribution in [3.8, 4) is 0 Å². The van der Waals surface area contributed by atoms with E-state index in [-0.39, 0.29) is 6.04 Å². The molecular weight excluding hydrogens is 236 g/mol. The highest BCUT2D eigenvalue weighted by Gasteiger charge is 2.30. The SMILES string of the molecule is CN(CCC1CCNCC1)C1CCS(=O)(=O)C1. The van der Waals surface area contributed by atoms with Crippen LogP contribution in [0.15, 0.2) is 0 Å². The smallest absolute Gasteiger partial charge is 0.151 e. The largest absolute Gasteiger partial charge is 0.317 e. The minimum atomic E-state index is -2.74. The van der Waals surface area contributed by atoms with Gasteiger partial charge in [-0.2, -0.15) is 0 Å². The number of hydrogen-bond donors (Lipinski definition) is 1. The van der Waals surface area contributed by atoms with Crippen LogP contribution in [-0.2, 0) is 9.84 Å². The van der Waals surface area contributed by atoms with Gasteiger partial charge < -0.3 is 10.2 Å². The van der Waals surface area contributed by atoms with Crippen molar-refractivity contribution in [1.82, 2.24) is 10.2 Å². The summed E-state index contributed by atoms with van der Waals surface area (Å²) in [4.78, 5) is 2.26. The van der Waals surface area contributed by atoms with Crippen LogP contribution in [0.2, 0.25) is 0 Å². The Morgan fingerprint density at radius 1 is 1.24 bits per heavy atom. The third-order valence-electron chi connectivity index (χ3n) is 4.18. The molecule has 0 aliphatic carbocycles. The standard InChI is InChI=1S/C12H24N2O2S/c1-14(12-5-9-17(15,16)10-12)8-4-11-2-6-13-7-3-11/h11-13H,2-10H2,1H3. The second-order valence-corrected chi connectivity index (χ2v) is 7.75. The maximum Gasteiger partial charge on any atom is 0.151 e. The van der Waals surface area contributed by atoms with Gasteiger partial charge in [-0.3, -0.25) is 0 Å². The van der Waals surface area contributed by atoms with Gasteiger partial charge in [0, 0.05) is 6.04 Å². The summed E-state index contributed by atoms with van der Waals surface area (Å²) in [5.74, 6) is 1.59. The minimum Gasteiger partial charge on any atom is -0.317 e. The highest BCUT2D eigenvalue weighted by Crippen LogP contribution is 2.20. The summed E-state index contributed by atoms with van der Waals surface area (Å²) in [6.07, 6.45) is 4.59. The molecule has 0 aromatic rings. The Morgan fingerprint density at radius 3 is 2.53 bits per heavy atom. The highest BCUT2D eigenvalue weighted by molar-refractivity contribution is 7.91. The summed E-state index contributed by atoms with van der Waals surface area (Å²) in [5.41, 5.74) is 0. The van der Waals surface area contributed by atoms with Crippen LogP contribution >= 0.6 is 0 Å². The van der Waals surface area contributed by atoms with Gasteiger partial charge in [-0.25, -0.2) is 8.42 Å². The average molecular weight is 260 g/mol. The van der Waals surface area contributed by atoms with Gasteiger partial charge in [-0.1, -0.05) is 0 Å². The Balaban J connectivity index is 1.72.